The number of rotatable bonds is 5. The van der Waals surface area contributed by atoms with Gasteiger partial charge in [-0.15, -0.1) is 0 Å². The molecule has 0 saturated carbocycles. The molecule has 0 fully saturated rings. The van der Waals surface area contributed by atoms with Crippen LogP contribution >= 0.6 is 0 Å². The average molecular weight is 381 g/mol. The molecule has 0 radical (unpaired) electrons. The first kappa shape index (κ1) is 19.7. The first-order valence-electron chi connectivity index (χ1n) is 9.65. The third-order valence-electron chi connectivity index (χ3n) is 5.12. The summed E-state index contributed by atoms with van der Waals surface area (Å²) in [5.74, 6) is 0.452. The fourth-order valence-corrected chi connectivity index (χ4v) is 6.95. The molecule has 0 aliphatic carbocycles. The summed E-state index contributed by atoms with van der Waals surface area (Å²) in [5.41, 5.74) is 1.13. The Morgan fingerprint density at radius 1 is 1.04 bits per heavy atom. The van der Waals surface area contributed by atoms with Gasteiger partial charge < -0.3 is 8.85 Å². The fraction of sp³-hybridized carbons (Fsp3) is 0.348. The summed E-state index contributed by atoms with van der Waals surface area (Å²) in [5, 5.41) is 2.16. The monoisotopic (exact) mass is 380 g/mol. The molecular weight excluding hydrogens is 352 g/mol. The molecule has 2 aromatic rings. The quantitative estimate of drug-likeness (QED) is 0.587. The van der Waals surface area contributed by atoms with Gasteiger partial charge in [0, 0.05) is 13.0 Å². The highest BCUT2D eigenvalue weighted by atomic mass is 28.4. The molecule has 2 atom stereocenters. The molecule has 3 nitrogen and oxygen atoms in total. The van der Waals surface area contributed by atoms with Crippen LogP contribution in [-0.4, -0.2) is 27.1 Å². The molecule has 0 spiro atoms. The number of Topliss-reactive ketones (excluding diaryl/α,β-unsaturated/α-hetero) is 1. The lowest BCUT2D eigenvalue weighted by Crippen LogP contribution is -2.65. The minimum atomic E-state index is -2.94. The van der Waals surface area contributed by atoms with Crippen molar-refractivity contribution in [2.45, 2.75) is 39.7 Å². The summed E-state index contributed by atoms with van der Waals surface area (Å²) in [6.07, 6.45) is 3.33. The maximum atomic E-state index is 12.0. The molecule has 27 heavy (non-hydrogen) atoms. The van der Waals surface area contributed by atoms with Crippen LogP contribution in [0.5, 0.6) is 0 Å². The van der Waals surface area contributed by atoms with Crippen molar-refractivity contribution < 1.29 is 13.6 Å². The summed E-state index contributed by atoms with van der Waals surface area (Å²) in [6, 6.07) is 20.5. The lowest BCUT2D eigenvalue weighted by molar-refractivity contribution is -0.118. The van der Waals surface area contributed by atoms with E-state index in [2.05, 4.69) is 44.2 Å². The van der Waals surface area contributed by atoms with Gasteiger partial charge in [-0.05, 0) is 42.1 Å². The number of hydrogen-bond acceptors (Lipinski definition) is 3. The summed E-state index contributed by atoms with van der Waals surface area (Å²) >= 11 is 0. The molecule has 4 heteroatoms. The highest BCUT2D eigenvalue weighted by Crippen LogP contribution is 2.25. The Bertz CT molecular complexity index is 746. The van der Waals surface area contributed by atoms with Crippen molar-refractivity contribution >= 4 is 24.7 Å². The van der Waals surface area contributed by atoms with Gasteiger partial charge in [0.1, 0.15) is 5.78 Å². The Morgan fingerprint density at radius 2 is 1.59 bits per heavy atom. The van der Waals surface area contributed by atoms with E-state index in [0.29, 0.717) is 18.9 Å². The SMILES string of the molecule is CC[C@@H]1/C=C(/C)[C@H](CC(C)=O)O[Si](c2ccccc2)(c2ccccc2)OC1. The highest BCUT2D eigenvalue weighted by molar-refractivity contribution is 6.92. The van der Waals surface area contributed by atoms with Crippen molar-refractivity contribution in [3.63, 3.8) is 0 Å². The third kappa shape index (κ3) is 4.46. The van der Waals surface area contributed by atoms with Crippen LogP contribution in [0.25, 0.3) is 0 Å². The van der Waals surface area contributed by atoms with E-state index >= 15 is 0 Å². The second kappa shape index (κ2) is 8.78. The van der Waals surface area contributed by atoms with Gasteiger partial charge in [-0.1, -0.05) is 73.7 Å². The standard InChI is InChI=1S/C23H28O3Si/c1-4-20-15-18(2)23(16-19(3)24)26-27(25-17-20,21-11-7-5-8-12-21)22-13-9-6-10-14-22/h5-15,20,23H,4,16-17H2,1-3H3/b18-15-/t20-,23+/m1/s1. The first-order valence-corrected chi connectivity index (χ1v) is 11.5. The minimum Gasteiger partial charge on any atom is -0.387 e. The molecule has 142 valence electrons. The molecule has 0 aromatic heterocycles. The second-order valence-electron chi connectivity index (χ2n) is 7.25. The Morgan fingerprint density at radius 3 is 2.07 bits per heavy atom. The summed E-state index contributed by atoms with van der Waals surface area (Å²) in [4.78, 5) is 12.0. The van der Waals surface area contributed by atoms with Crippen LogP contribution in [0.3, 0.4) is 0 Å². The molecule has 0 unspecified atom stereocenters. The van der Waals surface area contributed by atoms with Crippen molar-refractivity contribution in [3.8, 4) is 0 Å². The van der Waals surface area contributed by atoms with E-state index in [4.69, 9.17) is 8.85 Å². The highest BCUT2D eigenvalue weighted by Gasteiger charge is 2.46. The molecule has 1 aliphatic heterocycles. The topological polar surface area (TPSA) is 35.5 Å². The number of benzene rings is 2. The van der Waals surface area contributed by atoms with Gasteiger partial charge in [0.05, 0.1) is 6.10 Å². The largest absolute Gasteiger partial charge is 0.407 e. The van der Waals surface area contributed by atoms with Crippen LogP contribution in [0.2, 0.25) is 0 Å². The molecule has 1 aliphatic rings. The van der Waals surface area contributed by atoms with E-state index in [0.717, 1.165) is 22.4 Å². The average Bonchev–Trinajstić information content (AvgIpc) is 2.69. The van der Waals surface area contributed by atoms with Crippen molar-refractivity contribution in [2.24, 2.45) is 5.92 Å². The van der Waals surface area contributed by atoms with Crippen LogP contribution in [-0.2, 0) is 13.6 Å². The van der Waals surface area contributed by atoms with E-state index in [-0.39, 0.29) is 11.9 Å². The van der Waals surface area contributed by atoms with Crippen molar-refractivity contribution in [1.82, 2.24) is 0 Å². The third-order valence-corrected chi connectivity index (χ3v) is 8.50. The molecule has 0 saturated heterocycles. The van der Waals surface area contributed by atoms with Crippen LogP contribution in [0, 0.1) is 5.92 Å². The van der Waals surface area contributed by atoms with Crippen LogP contribution in [0.15, 0.2) is 72.3 Å². The Balaban J connectivity index is 2.15. The maximum absolute atomic E-state index is 12.0. The summed E-state index contributed by atoms with van der Waals surface area (Å²) in [7, 11) is -2.94. The molecule has 0 N–H and O–H groups in total. The van der Waals surface area contributed by atoms with Gasteiger partial charge in [0.2, 0.25) is 0 Å². The van der Waals surface area contributed by atoms with E-state index in [1.165, 1.54) is 0 Å². The molecule has 2 aromatic carbocycles. The molecule has 0 amide bonds. The van der Waals surface area contributed by atoms with Gasteiger partial charge in [0.15, 0.2) is 0 Å². The molecule has 0 bridgehead atoms. The molecule has 3 rings (SSSR count). The van der Waals surface area contributed by atoms with E-state index in [1.807, 2.05) is 36.4 Å². The number of carbonyl (C=O) groups is 1. The first-order chi connectivity index (χ1) is 13.0. The summed E-state index contributed by atoms with van der Waals surface area (Å²) < 4.78 is 13.5. The van der Waals surface area contributed by atoms with Gasteiger partial charge in [0.25, 0.3) is 0 Å². The van der Waals surface area contributed by atoms with Gasteiger partial charge in [-0.25, -0.2) is 0 Å². The normalized spacial score (nSPS) is 24.3. The van der Waals surface area contributed by atoms with Crippen molar-refractivity contribution in [2.75, 3.05) is 6.61 Å². The summed E-state index contributed by atoms with van der Waals surface area (Å²) in [6.45, 7) is 6.50. The lowest BCUT2D eigenvalue weighted by atomic mass is 9.99. The predicted molar refractivity (Wildman–Crippen MR) is 112 cm³/mol. The zero-order valence-electron chi connectivity index (χ0n) is 16.4. The fourth-order valence-electron chi connectivity index (χ4n) is 3.56. The predicted octanol–water partition coefficient (Wildman–Crippen LogP) is 3.61. The second-order valence-corrected chi connectivity index (χ2v) is 10.2. The Hall–Kier alpha value is -2.01. The van der Waals surface area contributed by atoms with Crippen LogP contribution in [0.1, 0.15) is 33.6 Å². The van der Waals surface area contributed by atoms with Crippen LogP contribution in [0.4, 0.5) is 0 Å². The molecule has 1 heterocycles. The minimum absolute atomic E-state index is 0.130. The zero-order chi connectivity index (χ0) is 19.3. The number of ketones is 1. The van der Waals surface area contributed by atoms with E-state index in [1.54, 1.807) is 6.92 Å². The Kier molecular flexibility index (Phi) is 6.42. The zero-order valence-corrected chi connectivity index (χ0v) is 17.4. The number of hydrogen-bond donors (Lipinski definition) is 0. The van der Waals surface area contributed by atoms with Gasteiger partial charge in [-0.2, -0.15) is 0 Å². The number of carbonyl (C=O) groups excluding carboxylic acids is 1. The van der Waals surface area contributed by atoms with Crippen LogP contribution < -0.4 is 10.4 Å². The lowest BCUT2D eigenvalue weighted by Gasteiger charge is -2.38. The maximum Gasteiger partial charge on any atom is 0.407 e. The smallest absolute Gasteiger partial charge is 0.387 e. The van der Waals surface area contributed by atoms with Crippen molar-refractivity contribution in [3.05, 3.63) is 72.3 Å². The van der Waals surface area contributed by atoms with E-state index < -0.39 is 8.56 Å². The van der Waals surface area contributed by atoms with Gasteiger partial charge >= 0.3 is 8.56 Å². The molecular formula is C23H28O3Si. The van der Waals surface area contributed by atoms with Gasteiger partial charge in [-0.3, -0.25) is 4.79 Å². The Labute approximate surface area is 163 Å². The van der Waals surface area contributed by atoms with E-state index in [9.17, 15) is 4.79 Å². The van der Waals surface area contributed by atoms with Crippen molar-refractivity contribution in [1.29, 1.82) is 0 Å².